The summed E-state index contributed by atoms with van der Waals surface area (Å²) in [5.74, 6) is -0.933. The number of aromatic nitrogens is 2. The van der Waals surface area contributed by atoms with Crippen molar-refractivity contribution < 1.29 is 9.90 Å². The van der Waals surface area contributed by atoms with Gasteiger partial charge in [0.1, 0.15) is 5.56 Å². The molecule has 1 amide bonds. The highest BCUT2D eigenvalue weighted by molar-refractivity contribution is 5.94. The van der Waals surface area contributed by atoms with Crippen molar-refractivity contribution >= 4 is 12.1 Å². The van der Waals surface area contributed by atoms with Gasteiger partial charge in [-0.15, -0.1) is 0 Å². The Morgan fingerprint density at radius 3 is 2.71 bits per heavy atom. The van der Waals surface area contributed by atoms with Crippen molar-refractivity contribution in [3.05, 3.63) is 62.3 Å². The second-order valence-corrected chi connectivity index (χ2v) is 5.07. The van der Waals surface area contributed by atoms with Crippen LogP contribution >= 0.6 is 0 Å². The van der Waals surface area contributed by atoms with E-state index in [1.165, 1.54) is 0 Å². The molecule has 0 unspecified atom stereocenters. The summed E-state index contributed by atoms with van der Waals surface area (Å²) < 4.78 is 1.06. The Kier molecular flexibility index (Phi) is 5.67. The van der Waals surface area contributed by atoms with Crippen LogP contribution in [0.15, 0.2) is 45.0 Å². The standard InChI is InChI=1S/C16H18N4O4/c1-2-3-9-20-15(23)12(14(22)18-16(20)24)10-17-19-13(21)11-7-5-4-6-8-11/h4-8,10,23H,2-3,9H2,1H3,(H,19,21)(H,18,22,24). The van der Waals surface area contributed by atoms with Crippen LogP contribution in [0.2, 0.25) is 0 Å². The predicted molar refractivity (Wildman–Crippen MR) is 89.4 cm³/mol. The van der Waals surface area contributed by atoms with Crippen LogP contribution in [0.5, 0.6) is 5.88 Å². The summed E-state index contributed by atoms with van der Waals surface area (Å²) in [6.45, 7) is 2.21. The number of benzene rings is 1. The van der Waals surface area contributed by atoms with Gasteiger partial charge < -0.3 is 5.11 Å². The number of carbonyl (C=O) groups excluding carboxylic acids is 1. The molecule has 0 fully saturated rings. The molecule has 1 heterocycles. The summed E-state index contributed by atoms with van der Waals surface area (Å²) in [6, 6.07) is 8.41. The third-order valence-corrected chi connectivity index (χ3v) is 3.34. The van der Waals surface area contributed by atoms with Crippen molar-refractivity contribution in [1.29, 1.82) is 0 Å². The highest BCUT2D eigenvalue weighted by atomic mass is 16.3. The average molecular weight is 330 g/mol. The number of aromatic amines is 1. The van der Waals surface area contributed by atoms with Gasteiger partial charge in [0.2, 0.25) is 5.88 Å². The van der Waals surface area contributed by atoms with Crippen LogP contribution in [0, 0.1) is 0 Å². The minimum Gasteiger partial charge on any atom is -0.494 e. The minimum atomic E-state index is -0.775. The lowest BCUT2D eigenvalue weighted by Crippen LogP contribution is -2.32. The van der Waals surface area contributed by atoms with E-state index in [1.807, 2.05) is 6.92 Å². The van der Waals surface area contributed by atoms with Gasteiger partial charge in [0.25, 0.3) is 11.5 Å². The highest BCUT2D eigenvalue weighted by Crippen LogP contribution is 2.08. The molecule has 2 aromatic rings. The normalized spacial score (nSPS) is 10.9. The second-order valence-electron chi connectivity index (χ2n) is 5.07. The maximum Gasteiger partial charge on any atom is 0.331 e. The van der Waals surface area contributed by atoms with Crippen molar-refractivity contribution in [1.82, 2.24) is 15.0 Å². The number of hydrazone groups is 1. The van der Waals surface area contributed by atoms with E-state index in [0.29, 0.717) is 12.0 Å². The molecule has 3 N–H and O–H groups in total. The number of rotatable bonds is 6. The Hall–Kier alpha value is -3.16. The first-order valence-corrected chi connectivity index (χ1v) is 7.49. The van der Waals surface area contributed by atoms with Gasteiger partial charge in [-0.25, -0.2) is 10.2 Å². The first kappa shape index (κ1) is 17.2. The van der Waals surface area contributed by atoms with Crippen LogP contribution in [-0.4, -0.2) is 26.8 Å². The van der Waals surface area contributed by atoms with Gasteiger partial charge >= 0.3 is 5.69 Å². The number of aromatic hydroxyl groups is 1. The molecule has 8 nitrogen and oxygen atoms in total. The number of hydrogen-bond acceptors (Lipinski definition) is 5. The molecular weight excluding hydrogens is 312 g/mol. The van der Waals surface area contributed by atoms with E-state index >= 15 is 0 Å². The number of carbonyl (C=O) groups is 1. The second kappa shape index (κ2) is 7.91. The van der Waals surface area contributed by atoms with Gasteiger partial charge in [0.05, 0.1) is 6.21 Å². The van der Waals surface area contributed by atoms with Gasteiger partial charge in [-0.05, 0) is 18.6 Å². The highest BCUT2D eigenvalue weighted by Gasteiger charge is 2.12. The van der Waals surface area contributed by atoms with E-state index in [1.54, 1.807) is 30.3 Å². The molecule has 0 saturated heterocycles. The van der Waals surface area contributed by atoms with E-state index in [0.717, 1.165) is 17.2 Å². The van der Waals surface area contributed by atoms with Crippen LogP contribution in [0.4, 0.5) is 0 Å². The summed E-state index contributed by atoms with van der Waals surface area (Å²) in [4.78, 5) is 37.5. The number of amides is 1. The van der Waals surface area contributed by atoms with Crippen LogP contribution in [0.3, 0.4) is 0 Å². The van der Waals surface area contributed by atoms with Crippen LogP contribution in [-0.2, 0) is 6.54 Å². The van der Waals surface area contributed by atoms with Gasteiger partial charge in [-0.2, -0.15) is 5.10 Å². The van der Waals surface area contributed by atoms with E-state index < -0.39 is 23.0 Å². The monoisotopic (exact) mass is 330 g/mol. The molecule has 0 atom stereocenters. The molecule has 0 saturated carbocycles. The Bertz CT molecular complexity index is 853. The smallest absolute Gasteiger partial charge is 0.331 e. The summed E-state index contributed by atoms with van der Waals surface area (Å²) in [5, 5.41) is 13.8. The van der Waals surface area contributed by atoms with Crippen molar-refractivity contribution in [3.63, 3.8) is 0 Å². The lowest BCUT2D eigenvalue weighted by atomic mass is 10.2. The van der Waals surface area contributed by atoms with E-state index in [4.69, 9.17) is 0 Å². The Morgan fingerprint density at radius 1 is 1.33 bits per heavy atom. The minimum absolute atomic E-state index is 0.195. The predicted octanol–water partition coefficient (Wildman–Crippen LogP) is 0.806. The first-order valence-electron chi connectivity index (χ1n) is 7.49. The maximum absolute atomic E-state index is 11.8. The summed E-state index contributed by atoms with van der Waals surface area (Å²) in [6.07, 6.45) is 2.50. The van der Waals surface area contributed by atoms with Crippen molar-refractivity contribution in [2.24, 2.45) is 5.10 Å². The zero-order valence-corrected chi connectivity index (χ0v) is 13.2. The molecule has 2 rings (SSSR count). The van der Waals surface area contributed by atoms with Crippen LogP contribution in [0.1, 0.15) is 35.7 Å². The fourth-order valence-electron chi connectivity index (χ4n) is 2.02. The fraction of sp³-hybridized carbons (Fsp3) is 0.250. The van der Waals surface area contributed by atoms with Crippen LogP contribution in [0.25, 0.3) is 0 Å². The molecule has 0 spiro atoms. The molecule has 1 aromatic carbocycles. The fourth-order valence-corrected chi connectivity index (χ4v) is 2.02. The zero-order chi connectivity index (χ0) is 17.5. The number of hydrogen-bond donors (Lipinski definition) is 3. The molecule has 0 bridgehead atoms. The summed E-state index contributed by atoms with van der Waals surface area (Å²) >= 11 is 0. The topological polar surface area (TPSA) is 117 Å². The van der Waals surface area contributed by atoms with E-state index in [2.05, 4.69) is 15.5 Å². The van der Waals surface area contributed by atoms with Crippen molar-refractivity contribution in [3.8, 4) is 5.88 Å². The largest absolute Gasteiger partial charge is 0.494 e. The van der Waals surface area contributed by atoms with E-state index in [9.17, 15) is 19.5 Å². The molecule has 24 heavy (non-hydrogen) atoms. The Balaban J connectivity index is 2.21. The SMILES string of the molecule is CCCCn1c(O)c(C=NNC(=O)c2ccccc2)c(=O)[nH]c1=O. The lowest BCUT2D eigenvalue weighted by Gasteiger charge is -2.08. The van der Waals surface area contributed by atoms with Gasteiger partial charge in [0.15, 0.2) is 0 Å². The number of unbranched alkanes of at least 4 members (excludes halogenated alkanes) is 1. The quantitative estimate of drug-likeness (QED) is 0.536. The van der Waals surface area contributed by atoms with Crippen LogP contribution < -0.4 is 16.7 Å². The first-order chi connectivity index (χ1) is 11.5. The summed E-state index contributed by atoms with van der Waals surface area (Å²) in [5.41, 5.74) is 1.01. The molecule has 8 heteroatoms. The zero-order valence-electron chi connectivity index (χ0n) is 13.2. The number of H-pyrrole nitrogens is 1. The third kappa shape index (κ3) is 3.97. The van der Waals surface area contributed by atoms with Gasteiger partial charge in [-0.1, -0.05) is 31.5 Å². The molecule has 1 aromatic heterocycles. The van der Waals surface area contributed by atoms with Crippen molar-refractivity contribution in [2.75, 3.05) is 0 Å². The Labute approximate surface area is 137 Å². The van der Waals surface area contributed by atoms with Gasteiger partial charge in [0, 0.05) is 12.1 Å². The van der Waals surface area contributed by atoms with E-state index in [-0.39, 0.29) is 12.1 Å². The maximum atomic E-state index is 11.8. The molecule has 0 aliphatic carbocycles. The molecule has 126 valence electrons. The molecule has 0 aliphatic heterocycles. The summed E-state index contributed by atoms with van der Waals surface area (Å²) in [7, 11) is 0. The number of nitrogens with one attached hydrogen (secondary N) is 2. The third-order valence-electron chi connectivity index (χ3n) is 3.34. The Morgan fingerprint density at radius 2 is 2.04 bits per heavy atom. The average Bonchev–Trinajstić information content (AvgIpc) is 2.58. The lowest BCUT2D eigenvalue weighted by molar-refractivity contribution is 0.0955. The number of nitrogens with zero attached hydrogens (tertiary/aromatic N) is 2. The molecule has 0 aliphatic rings. The van der Waals surface area contributed by atoms with Crippen molar-refractivity contribution in [2.45, 2.75) is 26.3 Å². The van der Waals surface area contributed by atoms with Gasteiger partial charge in [-0.3, -0.25) is 19.1 Å². The molecule has 0 radical (unpaired) electrons. The molecular formula is C16H18N4O4.